The van der Waals surface area contributed by atoms with E-state index in [2.05, 4.69) is 10.6 Å². The van der Waals surface area contributed by atoms with E-state index in [0.717, 1.165) is 11.8 Å². The molecule has 2 N–H and O–H groups in total. The summed E-state index contributed by atoms with van der Waals surface area (Å²) >= 11 is 0. The Labute approximate surface area is 142 Å². The van der Waals surface area contributed by atoms with Gasteiger partial charge in [-0.1, -0.05) is 12.1 Å². The largest absolute Gasteiger partial charge is 0.354 e. The number of piperidine rings is 1. The Bertz CT molecular complexity index is 646. The second kappa shape index (κ2) is 8.08. The van der Waals surface area contributed by atoms with Gasteiger partial charge in [-0.25, -0.2) is 12.8 Å². The molecule has 1 aliphatic heterocycles. The summed E-state index contributed by atoms with van der Waals surface area (Å²) in [6.45, 7) is 1.29. The van der Waals surface area contributed by atoms with E-state index in [4.69, 9.17) is 0 Å². The molecule has 0 spiro atoms. The van der Waals surface area contributed by atoms with E-state index in [1.807, 2.05) is 0 Å². The molecule has 0 unspecified atom stereocenters. The van der Waals surface area contributed by atoms with Crippen LogP contribution in [0.3, 0.4) is 0 Å². The van der Waals surface area contributed by atoms with Gasteiger partial charge in [0.1, 0.15) is 5.82 Å². The highest BCUT2D eigenvalue weighted by molar-refractivity contribution is 7.92. The number of halogens is 2. The van der Waals surface area contributed by atoms with Crippen molar-refractivity contribution in [1.82, 2.24) is 10.6 Å². The molecule has 2 rings (SSSR count). The van der Waals surface area contributed by atoms with Crippen LogP contribution in [-0.2, 0) is 21.1 Å². The summed E-state index contributed by atoms with van der Waals surface area (Å²) in [6.07, 6.45) is 2.13. The van der Waals surface area contributed by atoms with Gasteiger partial charge in [0, 0.05) is 12.8 Å². The molecule has 0 saturated carbocycles. The second-order valence-electron chi connectivity index (χ2n) is 5.65. The van der Waals surface area contributed by atoms with Gasteiger partial charge >= 0.3 is 0 Å². The van der Waals surface area contributed by atoms with Gasteiger partial charge in [0.25, 0.3) is 0 Å². The third-order valence-corrected chi connectivity index (χ3v) is 6.14. The Morgan fingerprint density at radius 1 is 1.35 bits per heavy atom. The normalized spacial score (nSPS) is 17.1. The molecule has 8 heteroatoms. The molecule has 130 valence electrons. The Balaban J connectivity index is 0.00000264. The molecule has 0 bridgehead atoms. The van der Waals surface area contributed by atoms with Gasteiger partial charge < -0.3 is 10.6 Å². The first-order valence-corrected chi connectivity index (χ1v) is 9.17. The maximum atomic E-state index is 13.1. The lowest BCUT2D eigenvalue weighted by atomic mass is 9.95. The molecule has 0 radical (unpaired) electrons. The summed E-state index contributed by atoms with van der Waals surface area (Å²) in [5.74, 6) is -0.775. The maximum absolute atomic E-state index is 13.1. The first-order valence-electron chi connectivity index (χ1n) is 7.28. The molecule has 1 fully saturated rings. The van der Waals surface area contributed by atoms with E-state index < -0.39 is 20.5 Å². The minimum absolute atomic E-state index is 0. The van der Waals surface area contributed by atoms with E-state index in [9.17, 15) is 17.6 Å². The summed E-state index contributed by atoms with van der Waals surface area (Å²) in [5.41, 5.74) is 0.763. The lowest BCUT2D eigenvalue weighted by Crippen LogP contribution is -2.57. The summed E-state index contributed by atoms with van der Waals surface area (Å²) < 4.78 is 35.9. The minimum Gasteiger partial charge on any atom is -0.354 e. The van der Waals surface area contributed by atoms with Crippen LogP contribution >= 0.6 is 12.4 Å². The lowest BCUT2D eigenvalue weighted by molar-refractivity contribution is -0.124. The molecular weight excluding hydrogens is 343 g/mol. The van der Waals surface area contributed by atoms with Gasteiger partial charge in [-0.2, -0.15) is 0 Å². The molecule has 5 nitrogen and oxygen atoms in total. The van der Waals surface area contributed by atoms with E-state index in [1.54, 1.807) is 12.1 Å². The Morgan fingerprint density at radius 2 is 2.00 bits per heavy atom. The number of hydrogen-bond donors (Lipinski definition) is 2. The SMILES string of the molecule is CS(=O)(=O)C1(C(=O)NCCc2cccc(F)c2)CCNCC1.Cl. The van der Waals surface area contributed by atoms with Crippen molar-refractivity contribution in [3.05, 3.63) is 35.6 Å². The number of sulfone groups is 1. The van der Waals surface area contributed by atoms with Crippen molar-refractivity contribution < 1.29 is 17.6 Å². The molecule has 23 heavy (non-hydrogen) atoms. The lowest BCUT2D eigenvalue weighted by Gasteiger charge is -2.34. The van der Waals surface area contributed by atoms with Crippen molar-refractivity contribution in [2.75, 3.05) is 25.9 Å². The molecule has 1 aromatic carbocycles. The van der Waals surface area contributed by atoms with Crippen molar-refractivity contribution in [2.45, 2.75) is 24.0 Å². The maximum Gasteiger partial charge on any atom is 0.241 e. The summed E-state index contributed by atoms with van der Waals surface area (Å²) in [6, 6.07) is 6.14. The zero-order valence-corrected chi connectivity index (χ0v) is 14.6. The highest BCUT2D eigenvalue weighted by Crippen LogP contribution is 2.27. The highest BCUT2D eigenvalue weighted by Gasteiger charge is 2.48. The number of benzene rings is 1. The average Bonchev–Trinajstić information content (AvgIpc) is 2.47. The molecular formula is C15H22ClFN2O3S. The zero-order chi connectivity index (χ0) is 16.2. The first kappa shape index (κ1) is 19.9. The van der Waals surface area contributed by atoms with Crippen molar-refractivity contribution in [1.29, 1.82) is 0 Å². The molecule has 0 atom stereocenters. The van der Waals surface area contributed by atoms with E-state index >= 15 is 0 Å². The van der Waals surface area contributed by atoms with Crippen LogP contribution in [0.4, 0.5) is 4.39 Å². The van der Waals surface area contributed by atoms with Gasteiger partial charge in [-0.15, -0.1) is 12.4 Å². The Morgan fingerprint density at radius 3 is 2.57 bits per heavy atom. The van der Waals surface area contributed by atoms with Crippen molar-refractivity contribution in [2.24, 2.45) is 0 Å². The third kappa shape index (κ3) is 4.65. The van der Waals surface area contributed by atoms with Crippen LogP contribution in [0.25, 0.3) is 0 Å². The predicted octanol–water partition coefficient (Wildman–Crippen LogP) is 1.07. The van der Waals surface area contributed by atoms with Crippen LogP contribution < -0.4 is 10.6 Å². The van der Waals surface area contributed by atoms with Gasteiger partial charge in [-0.3, -0.25) is 4.79 Å². The van der Waals surface area contributed by atoms with Gasteiger partial charge in [0.2, 0.25) is 5.91 Å². The van der Waals surface area contributed by atoms with Crippen molar-refractivity contribution in [3.8, 4) is 0 Å². The summed E-state index contributed by atoms with van der Waals surface area (Å²) in [4.78, 5) is 12.4. The first-order chi connectivity index (χ1) is 10.3. The molecule has 1 aromatic rings. The Hall–Kier alpha value is -1.18. The molecule has 1 heterocycles. The average molecular weight is 365 g/mol. The van der Waals surface area contributed by atoms with Crippen LogP contribution in [0.15, 0.2) is 24.3 Å². The summed E-state index contributed by atoms with van der Waals surface area (Å²) in [5, 5.41) is 5.77. The minimum atomic E-state index is -3.50. The number of amides is 1. The molecule has 0 aliphatic carbocycles. The van der Waals surface area contributed by atoms with Gasteiger partial charge in [0.05, 0.1) is 0 Å². The second-order valence-corrected chi connectivity index (χ2v) is 7.98. The topological polar surface area (TPSA) is 75.3 Å². The molecule has 1 saturated heterocycles. The van der Waals surface area contributed by atoms with Crippen LogP contribution in [0.2, 0.25) is 0 Å². The van der Waals surface area contributed by atoms with E-state index in [0.29, 0.717) is 19.5 Å². The predicted molar refractivity (Wildman–Crippen MR) is 90.0 cm³/mol. The smallest absolute Gasteiger partial charge is 0.241 e. The number of nitrogens with one attached hydrogen (secondary N) is 2. The third-order valence-electron chi connectivity index (χ3n) is 4.12. The van der Waals surface area contributed by atoms with Crippen LogP contribution in [-0.4, -0.2) is 45.0 Å². The quantitative estimate of drug-likeness (QED) is 0.819. The molecule has 1 amide bonds. The fraction of sp³-hybridized carbons (Fsp3) is 0.533. The number of carbonyl (C=O) groups is 1. The fourth-order valence-electron chi connectivity index (χ4n) is 2.77. The van der Waals surface area contributed by atoms with Gasteiger partial charge in [-0.05, 0) is 50.0 Å². The monoisotopic (exact) mass is 364 g/mol. The number of rotatable bonds is 5. The van der Waals surface area contributed by atoms with Crippen molar-refractivity contribution >= 4 is 28.2 Å². The summed E-state index contributed by atoms with van der Waals surface area (Å²) in [7, 11) is -3.50. The van der Waals surface area contributed by atoms with Crippen LogP contribution in [0, 0.1) is 5.82 Å². The zero-order valence-electron chi connectivity index (χ0n) is 13.0. The highest BCUT2D eigenvalue weighted by atomic mass is 35.5. The van der Waals surface area contributed by atoms with E-state index in [1.165, 1.54) is 12.1 Å². The van der Waals surface area contributed by atoms with Crippen LogP contribution in [0.5, 0.6) is 0 Å². The number of carbonyl (C=O) groups excluding carboxylic acids is 1. The van der Waals surface area contributed by atoms with Crippen molar-refractivity contribution in [3.63, 3.8) is 0 Å². The van der Waals surface area contributed by atoms with Crippen LogP contribution in [0.1, 0.15) is 18.4 Å². The van der Waals surface area contributed by atoms with E-state index in [-0.39, 0.29) is 37.6 Å². The number of hydrogen-bond acceptors (Lipinski definition) is 4. The van der Waals surface area contributed by atoms with Gasteiger partial charge in [0.15, 0.2) is 14.6 Å². The standard InChI is InChI=1S/C15H21FN2O3S.ClH/c1-22(20,21)15(6-9-17-10-7-15)14(19)18-8-5-12-3-2-4-13(16)11-12;/h2-4,11,17H,5-10H2,1H3,(H,18,19);1H. The molecule has 1 aliphatic rings. The fourth-order valence-corrected chi connectivity index (χ4v) is 4.13. The Kier molecular flexibility index (Phi) is 6.98. The molecule has 0 aromatic heterocycles.